The second kappa shape index (κ2) is 6.60. The molecule has 0 saturated heterocycles. The SMILES string of the molecule is CN(C)c1ccc(N=Nc2ccc(C(=O)I)cc2)cc1. The summed E-state index contributed by atoms with van der Waals surface area (Å²) in [6, 6.07) is 14.9. The molecule has 0 radical (unpaired) electrons. The van der Waals surface area contributed by atoms with E-state index in [2.05, 4.69) is 10.2 Å². The Morgan fingerprint density at radius 3 is 1.75 bits per heavy atom. The van der Waals surface area contributed by atoms with Crippen LogP contribution in [0.25, 0.3) is 0 Å². The van der Waals surface area contributed by atoms with E-state index in [-0.39, 0.29) is 3.79 Å². The van der Waals surface area contributed by atoms with Crippen LogP contribution in [-0.4, -0.2) is 17.9 Å². The minimum absolute atomic E-state index is 0.0189. The Bertz CT molecular complexity index is 619. The van der Waals surface area contributed by atoms with Crippen LogP contribution < -0.4 is 4.90 Å². The first-order chi connectivity index (χ1) is 9.56. The summed E-state index contributed by atoms with van der Waals surface area (Å²) in [6.07, 6.45) is 0. The van der Waals surface area contributed by atoms with E-state index in [4.69, 9.17) is 0 Å². The summed E-state index contributed by atoms with van der Waals surface area (Å²) in [4.78, 5) is 13.2. The molecule has 0 heterocycles. The third-order valence-corrected chi connectivity index (χ3v) is 3.36. The number of nitrogens with zero attached hydrogens (tertiary/aromatic N) is 3. The number of carbonyl (C=O) groups is 1. The summed E-state index contributed by atoms with van der Waals surface area (Å²) >= 11 is 1.76. The van der Waals surface area contributed by atoms with Crippen molar-refractivity contribution in [3.63, 3.8) is 0 Å². The molecule has 0 saturated carbocycles. The van der Waals surface area contributed by atoms with Gasteiger partial charge in [0.25, 0.3) is 0 Å². The topological polar surface area (TPSA) is 45.0 Å². The van der Waals surface area contributed by atoms with Gasteiger partial charge in [-0.3, -0.25) is 4.79 Å². The second-order valence-corrected chi connectivity index (χ2v) is 5.41. The van der Waals surface area contributed by atoms with Crippen molar-refractivity contribution in [3.05, 3.63) is 54.1 Å². The van der Waals surface area contributed by atoms with Crippen molar-refractivity contribution >= 4 is 43.4 Å². The van der Waals surface area contributed by atoms with Crippen LogP contribution in [0.1, 0.15) is 10.4 Å². The third kappa shape index (κ3) is 3.86. The van der Waals surface area contributed by atoms with Crippen molar-refractivity contribution < 1.29 is 4.79 Å². The highest BCUT2D eigenvalue weighted by Gasteiger charge is 2.00. The molecule has 5 heteroatoms. The van der Waals surface area contributed by atoms with Crippen LogP contribution in [0, 0.1) is 0 Å². The predicted molar refractivity (Wildman–Crippen MR) is 89.7 cm³/mol. The van der Waals surface area contributed by atoms with Crippen LogP contribution in [0.15, 0.2) is 58.8 Å². The van der Waals surface area contributed by atoms with Crippen molar-refractivity contribution in [2.45, 2.75) is 0 Å². The van der Waals surface area contributed by atoms with E-state index in [9.17, 15) is 4.79 Å². The Morgan fingerprint density at radius 1 is 0.900 bits per heavy atom. The van der Waals surface area contributed by atoms with Gasteiger partial charge in [0.2, 0.25) is 3.79 Å². The molecule has 0 aliphatic heterocycles. The Kier molecular flexibility index (Phi) is 4.84. The Labute approximate surface area is 131 Å². The maximum atomic E-state index is 11.2. The summed E-state index contributed by atoms with van der Waals surface area (Å²) in [5.74, 6) is 0. The first kappa shape index (κ1) is 14.6. The Morgan fingerprint density at radius 2 is 1.35 bits per heavy atom. The van der Waals surface area contributed by atoms with Gasteiger partial charge in [-0.25, -0.2) is 0 Å². The molecule has 2 rings (SSSR count). The van der Waals surface area contributed by atoms with E-state index in [0.29, 0.717) is 5.56 Å². The van der Waals surface area contributed by atoms with Gasteiger partial charge in [0.1, 0.15) is 0 Å². The number of carbonyl (C=O) groups excluding carboxylic acids is 1. The zero-order valence-electron chi connectivity index (χ0n) is 11.2. The summed E-state index contributed by atoms with van der Waals surface area (Å²) in [6.45, 7) is 0. The molecule has 0 amide bonds. The van der Waals surface area contributed by atoms with E-state index in [1.807, 2.05) is 43.3 Å². The number of hydrogen-bond donors (Lipinski definition) is 0. The van der Waals surface area contributed by atoms with Crippen LogP contribution >= 0.6 is 22.6 Å². The quantitative estimate of drug-likeness (QED) is 0.438. The van der Waals surface area contributed by atoms with Gasteiger partial charge in [-0.1, -0.05) is 0 Å². The molecule has 0 N–H and O–H groups in total. The van der Waals surface area contributed by atoms with Gasteiger partial charge in [0.15, 0.2) is 0 Å². The standard InChI is InChI=1S/C15H14IN3O/c1-19(2)14-9-7-13(8-10-14)18-17-12-5-3-11(4-6-12)15(16)20/h3-10H,1-2H3. The van der Waals surface area contributed by atoms with Crippen molar-refractivity contribution in [3.8, 4) is 0 Å². The molecule has 0 aliphatic carbocycles. The summed E-state index contributed by atoms with van der Waals surface area (Å²) in [5.41, 5.74) is 3.31. The molecule has 0 bridgehead atoms. The fraction of sp³-hybridized carbons (Fsp3) is 0.133. The van der Waals surface area contributed by atoms with Gasteiger partial charge in [-0.05, 0) is 48.5 Å². The largest absolute Gasteiger partial charge is 0.378 e. The van der Waals surface area contributed by atoms with Gasteiger partial charge in [0.05, 0.1) is 11.4 Å². The number of hydrogen-bond acceptors (Lipinski definition) is 4. The minimum atomic E-state index is 0.0189. The van der Waals surface area contributed by atoms with Crippen molar-refractivity contribution in [2.75, 3.05) is 19.0 Å². The highest BCUT2D eigenvalue weighted by Crippen LogP contribution is 2.21. The molecular weight excluding hydrogens is 365 g/mol. The summed E-state index contributed by atoms with van der Waals surface area (Å²) in [5, 5.41) is 8.32. The average molecular weight is 379 g/mol. The first-order valence-electron chi connectivity index (χ1n) is 6.05. The van der Waals surface area contributed by atoms with Crippen LogP contribution in [-0.2, 0) is 0 Å². The maximum Gasteiger partial charge on any atom is 0.222 e. The van der Waals surface area contributed by atoms with Gasteiger partial charge in [-0.2, -0.15) is 10.2 Å². The van der Waals surface area contributed by atoms with E-state index in [0.717, 1.165) is 17.1 Å². The lowest BCUT2D eigenvalue weighted by molar-refractivity contribution is 0.110. The molecule has 0 unspecified atom stereocenters. The van der Waals surface area contributed by atoms with Crippen LogP contribution in [0.5, 0.6) is 0 Å². The summed E-state index contributed by atoms with van der Waals surface area (Å²) < 4.78 is 0.0189. The first-order valence-corrected chi connectivity index (χ1v) is 7.13. The van der Waals surface area contributed by atoms with Gasteiger partial charge < -0.3 is 4.90 Å². The maximum absolute atomic E-state index is 11.2. The predicted octanol–water partition coefficient (Wildman–Crippen LogP) is 4.74. The molecule has 20 heavy (non-hydrogen) atoms. The molecule has 0 fully saturated rings. The van der Waals surface area contributed by atoms with E-state index in [1.165, 1.54) is 0 Å². The Hall–Kier alpha value is -1.76. The molecule has 0 aromatic heterocycles. The minimum Gasteiger partial charge on any atom is -0.378 e. The zero-order valence-corrected chi connectivity index (χ0v) is 13.4. The lowest BCUT2D eigenvalue weighted by Gasteiger charge is -2.11. The van der Waals surface area contributed by atoms with E-state index in [1.54, 1.807) is 46.9 Å². The number of azo groups is 1. The molecule has 2 aromatic carbocycles. The second-order valence-electron chi connectivity index (χ2n) is 4.43. The lowest BCUT2D eigenvalue weighted by atomic mass is 10.2. The van der Waals surface area contributed by atoms with Crippen molar-refractivity contribution in [1.29, 1.82) is 0 Å². The number of rotatable bonds is 4. The monoisotopic (exact) mass is 379 g/mol. The van der Waals surface area contributed by atoms with E-state index >= 15 is 0 Å². The number of anilines is 1. The van der Waals surface area contributed by atoms with Gasteiger partial charge in [0, 0.05) is 47.9 Å². The average Bonchev–Trinajstić information content (AvgIpc) is 2.46. The van der Waals surface area contributed by atoms with Crippen LogP contribution in [0.2, 0.25) is 0 Å². The molecule has 0 atom stereocenters. The molecule has 0 aliphatic rings. The smallest absolute Gasteiger partial charge is 0.222 e. The van der Waals surface area contributed by atoms with Gasteiger partial charge >= 0.3 is 0 Å². The number of benzene rings is 2. The lowest BCUT2D eigenvalue weighted by Crippen LogP contribution is -2.07. The van der Waals surface area contributed by atoms with E-state index < -0.39 is 0 Å². The molecule has 0 spiro atoms. The highest BCUT2D eigenvalue weighted by molar-refractivity contribution is 14.1. The summed E-state index contributed by atoms with van der Waals surface area (Å²) in [7, 11) is 3.99. The molecule has 4 nitrogen and oxygen atoms in total. The molecule has 2 aromatic rings. The fourth-order valence-electron chi connectivity index (χ4n) is 1.59. The molecule has 102 valence electrons. The van der Waals surface area contributed by atoms with Crippen molar-refractivity contribution in [1.82, 2.24) is 0 Å². The zero-order chi connectivity index (χ0) is 14.5. The third-order valence-electron chi connectivity index (χ3n) is 2.74. The van der Waals surface area contributed by atoms with Crippen molar-refractivity contribution in [2.24, 2.45) is 10.2 Å². The van der Waals surface area contributed by atoms with Crippen LogP contribution in [0.3, 0.4) is 0 Å². The highest BCUT2D eigenvalue weighted by atomic mass is 127. The molecular formula is C15H14IN3O. The normalized spacial score (nSPS) is 10.8. The Balaban J connectivity index is 2.10. The fourth-order valence-corrected chi connectivity index (χ4v) is 1.95. The number of halogens is 1. The van der Waals surface area contributed by atoms with Crippen LogP contribution in [0.4, 0.5) is 17.1 Å². The van der Waals surface area contributed by atoms with Gasteiger partial charge in [-0.15, -0.1) is 0 Å².